The van der Waals surface area contributed by atoms with Crippen molar-refractivity contribution >= 4 is 80.8 Å². The van der Waals surface area contributed by atoms with Crippen LogP contribution in [0.1, 0.15) is 43.0 Å². The number of ether oxygens (including phenoxy) is 1. The number of carbonyl (C=O) groups is 5. The number of methoxy groups -OCH3 is 1. The van der Waals surface area contributed by atoms with E-state index in [1.165, 1.54) is 48.5 Å². The Morgan fingerprint density at radius 1 is 1.00 bits per heavy atom. The maximum absolute atomic E-state index is 13.3. The molecule has 2 aromatic heterocycles. The van der Waals surface area contributed by atoms with Gasteiger partial charge >= 0.3 is 5.97 Å². The molecule has 5 rings (SSSR count). The molecule has 236 valence electrons. The molecule has 0 fully saturated rings. The molecule has 0 radical (unpaired) electrons. The highest BCUT2D eigenvalue weighted by Gasteiger charge is 2.30. The molecule has 3 N–H and O–H groups in total. The lowest BCUT2D eigenvalue weighted by Gasteiger charge is -2.25. The first-order chi connectivity index (χ1) is 22.2. The second-order valence-corrected chi connectivity index (χ2v) is 13.2. The zero-order valence-corrected chi connectivity index (χ0v) is 27.4. The van der Waals surface area contributed by atoms with E-state index in [-0.39, 0.29) is 23.3 Å². The number of benzene rings is 2. The van der Waals surface area contributed by atoms with Crippen LogP contribution in [0.15, 0.2) is 82.7 Å². The van der Waals surface area contributed by atoms with Crippen LogP contribution in [0.4, 0.5) is 10.7 Å². The Balaban J connectivity index is 1.24. The number of rotatable bonds is 10. The van der Waals surface area contributed by atoms with Gasteiger partial charge in [0, 0.05) is 39.4 Å². The van der Waals surface area contributed by atoms with Gasteiger partial charge in [0.05, 0.1) is 25.0 Å². The van der Waals surface area contributed by atoms with Crippen LogP contribution in [0.25, 0.3) is 6.08 Å². The molecule has 0 aliphatic carbocycles. The summed E-state index contributed by atoms with van der Waals surface area (Å²) in [6.07, 6.45) is 2.12. The van der Waals surface area contributed by atoms with Gasteiger partial charge in [-0.05, 0) is 59.8 Å². The van der Waals surface area contributed by atoms with Gasteiger partial charge in [0.1, 0.15) is 10.7 Å². The van der Waals surface area contributed by atoms with Gasteiger partial charge in [0.25, 0.3) is 11.8 Å². The van der Waals surface area contributed by atoms with Crippen LogP contribution in [0.2, 0.25) is 0 Å². The first-order valence-corrected chi connectivity index (χ1v) is 16.8. The van der Waals surface area contributed by atoms with Crippen molar-refractivity contribution in [2.24, 2.45) is 0 Å². The molecule has 2 aromatic carbocycles. The van der Waals surface area contributed by atoms with Crippen molar-refractivity contribution in [2.45, 2.75) is 24.8 Å². The van der Waals surface area contributed by atoms with E-state index in [0.29, 0.717) is 41.3 Å². The molecule has 1 aliphatic heterocycles. The predicted molar refractivity (Wildman–Crippen MR) is 181 cm³/mol. The summed E-state index contributed by atoms with van der Waals surface area (Å²) in [4.78, 5) is 67.7. The van der Waals surface area contributed by atoms with Crippen LogP contribution in [0.5, 0.6) is 0 Å². The van der Waals surface area contributed by atoms with E-state index in [4.69, 9.17) is 4.74 Å². The van der Waals surface area contributed by atoms with E-state index in [2.05, 4.69) is 16.0 Å². The molecule has 10 nitrogen and oxygen atoms in total. The molecular weight excluding hydrogens is 645 g/mol. The number of nitrogens with one attached hydrogen (secondary N) is 3. The molecule has 0 spiro atoms. The molecule has 46 heavy (non-hydrogen) atoms. The maximum atomic E-state index is 13.3. The van der Waals surface area contributed by atoms with Crippen molar-refractivity contribution in [1.29, 1.82) is 0 Å². The number of carbonyl (C=O) groups excluding carboxylic acids is 5. The maximum Gasteiger partial charge on any atom is 0.341 e. The number of hydrogen-bond donors (Lipinski definition) is 3. The Bertz CT molecular complexity index is 1800. The van der Waals surface area contributed by atoms with E-state index in [0.717, 1.165) is 20.2 Å². The molecule has 4 aromatic rings. The summed E-state index contributed by atoms with van der Waals surface area (Å²) in [6.45, 7) is 2.37. The minimum absolute atomic E-state index is 0.0385. The van der Waals surface area contributed by atoms with Gasteiger partial charge in [-0.3, -0.25) is 19.2 Å². The molecule has 0 saturated heterocycles. The van der Waals surface area contributed by atoms with Crippen molar-refractivity contribution in [3.63, 3.8) is 0 Å². The number of fused-ring (bicyclic) bond motifs is 1. The van der Waals surface area contributed by atoms with Crippen LogP contribution in [0, 0.1) is 0 Å². The van der Waals surface area contributed by atoms with E-state index in [1.807, 2.05) is 23.6 Å². The lowest BCUT2D eigenvalue weighted by molar-refractivity contribution is -0.129. The first kappa shape index (κ1) is 32.7. The number of amides is 4. The highest BCUT2D eigenvalue weighted by atomic mass is 32.2. The standard InChI is InChI=1S/C33H30N4O6S3/c1-20(38)37-14-13-25-27(18-37)46-32(29(25)33(42)43-2)36-28(39)19-45-23-11-6-10-22(16-23)34-31(41)26(17-24-12-7-15-44-24)35-30(40)21-8-4-3-5-9-21/h3-12,15-17H,13-14,18-19H2,1-2H3,(H,34,41)(H,35,40)(H,36,39)/b26-17-. The predicted octanol–water partition coefficient (Wildman–Crippen LogP) is 5.64. The third-order valence-electron chi connectivity index (χ3n) is 6.97. The number of esters is 1. The monoisotopic (exact) mass is 674 g/mol. The van der Waals surface area contributed by atoms with Crippen molar-refractivity contribution in [3.8, 4) is 0 Å². The van der Waals surface area contributed by atoms with Crippen LogP contribution in [-0.4, -0.2) is 53.9 Å². The Labute approximate surface area is 277 Å². The Hall–Kier alpha value is -4.72. The summed E-state index contributed by atoms with van der Waals surface area (Å²) >= 11 is 3.97. The number of nitrogens with zero attached hydrogens (tertiary/aromatic N) is 1. The van der Waals surface area contributed by atoms with Gasteiger partial charge in [0.2, 0.25) is 11.8 Å². The molecule has 0 unspecified atom stereocenters. The van der Waals surface area contributed by atoms with Crippen LogP contribution in [0.3, 0.4) is 0 Å². The smallest absolute Gasteiger partial charge is 0.341 e. The third kappa shape index (κ3) is 8.10. The molecule has 0 atom stereocenters. The van der Waals surface area contributed by atoms with E-state index < -0.39 is 17.8 Å². The van der Waals surface area contributed by atoms with Gasteiger partial charge in [-0.15, -0.1) is 34.4 Å². The quantitative estimate of drug-likeness (QED) is 0.113. The fourth-order valence-electron chi connectivity index (χ4n) is 4.71. The second kappa shape index (κ2) is 15.0. The highest BCUT2D eigenvalue weighted by molar-refractivity contribution is 8.00. The Kier molecular flexibility index (Phi) is 10.7. The highest BCUT2D eigenvalue weighted by Crippen LogP contribution is 2.38. The van der Waals surface area contributed by atoms with Crippen molar-refractivity contribution in [3.05, 3.63) is 104 Å². The molecule has 0 saturated carbocycles. The van der Waals surface area contributed by atoms with Gasteiger partial charge in [-0.25, -0.2) is 4.79 Å². The summed E-state index contributed by atoms with van der Waals surface area (Å²) < 4.78 is 4.99. The Morgan fingerprint density at radius 3 is 2.52 bits per heavy atom. The third-order valence-corrected chi connectivity index (χ3v) is 9.91. The number of hydrogen-bond acceptors (Lipinski definition) is 9. The van der Waals surface area contributed by atoms with Crippen molar-refractivity contribution in [1.82, 2.24) is 10.2 Å². The molecular formula is C33H30N4O6S3. The second-order valence-electron chi connectivity index (χ2n) is 10.1. The molecule has 4 amide bonds. The largest absolute Gasteiger partial charge is 0.465 e. The zero-order valence-electron chi connectivity index (χ0n) is 25.0. The van der Waals surface area contributed by atoms with Crippen LogP contribution >= 0.6 is 34.4 Å². The van der Waals surface area contributed by atoms with Crippen LogP contribution in [-0.2, 0) is 32.1 Å². The van der Waals surface area contributed by atoms with E-state index in [1.54, 1.807) is 59.5 Å². The molecule has 13 heteroatoms. The fourth-order valence-corrected chi connectivity index (χ4v) is 7.39. The SMILES string of the molecule is COC(=O)c1c(NC(=O)CSc2cccc(NC(=O)/C(=C/c3cccs3)NC(=O)c3ccccc3)c2)sc2c1CCN(C(C)=O)C2. The van der Waals surface area contributed by atoms with Gasteiger partial charge < -0.3 is 25.6 Å². The summed E-state index contributed by atoms with van der Waals surface area (Å²) in [5.41, 5.74) is 2.12. The number of thioether (sulfide) groups is 1. The minimum Gasteiger partial charge on any atom is -0.465 e. The van der Waals surface area contributed by atoms with Crippen molar-refractivity contribution < 1.29 is 28.7 Å². The summed E-state index contributed by atoms with van der Waals surface area (Å²) in [5, 5.41) is 10.7. The first-order valence-electron chi connectivity index (χ1n) is 14.2. The van der Waals surface area contributed by atoms with Gasteiger partial charge in [0.15, 0.2) is 0 Å². The molecule has 1 aliphatic rings. The molecule has 0 bridgehead atoms. The zero-order chi connectivity index (χ0) is 32.6. The van der Waals surface area contributed by atoms with Crippen LogP contribution < -0.4 is 16.0 Å². The Morgan fingerprint density at radius 2 is 1.80 bits per heavy atom. The average molecular weight is 675 g/mol. The summed E-state index contributed by atoms with van der Waals surface area (Å²) in [7, 11) is 1.29. The summed E-state index contributed by atoms with van der Waals surface area (Å²) in [5.74, 6) is -1.78. The van der Waals surface area contributed by atoms with Crippen molar-refractivity contribution in [2.75, 3.05) is 30.0 Å². The normalized spacial score (nSPS) is 12.6. The summed E-state index contributed by atoms with van der Waals surface area (Å²) in [6, 6.07) is 19.3. The van der Waals surface area contributed by atoms with Gasteiger partial charge in [-0.1, -0.05) is 30.3 Å². The van der Waals surface area contributed by atoms with Gasteiger partial charge in [-0.2, -0.15) is 0 Å². The van der Waals surface area contributed by atoms with E-state index >= 15 is 0 Å². The topological polar surface area (TPSA) is 134 Å². The number of thiophene rings is 2. The average Bonchev–Trinajstić information content (AvgIpc) is 3.70. The minimum atomic E-state index is -0.535. The molecule has 3 heterocycles. The number of anilines is 2. The lowest BCUT2D eigenvalue weighted by Crippen LogP contribution is -2.33. The van der Waals surface area contributed by atoms with E-state index in [9.17, 15) is 24.0 Å². The lowest BCUT2D eigenvalue weighted by atomic mass is 10.0. The fraction of sp³-hybridized carbons (Fsp3) is 0.182.